The zero-order chi connectivity index (χ0) is 12.8. The topological polar surface area (TPSA) is 56.5 Å². The summed E-state index contributed by atoms with van der Waals surface area (Å²) in [6, 6.07) is 7.87. The quantitative estimate of drug-likeness (QED) is 0.588. The molecule has 1 aromatic carbocycles. The van der Waals surface area contributed by atoms with Gasteiger partial charge in [-0.1, -0.05) is 12.1 Å². The van der Waals surface area contributed by atoms with E-state index in [1.54, 1.807) is 7.11 Å². The van der Waals surface area contributed by atoms with Crippen LogP contribution in [0.15, 0.2) is 24.3 Å². The summed E-state index contributed by atoms with van der Waals surface area (Å²) in [5, 5.41) is 0. The van der Waals surface area contributed by atoms with E-state index in [0.717, 1.165) is 11.3 Å². The number of methoxy groups -OCH3 is 1. The Balaban J connectivity index is 2.77. The number of hydrazine groups is 1. The minimum atomic E-state index is -0.0203. The van der Waals surface area contributed by atoms with E-state index in [-0.39, 0.29) is 18.2 Å². The molecule has 4 heteroatoms. The lowest BCUT2D eigenvalue weighted by Gasteiger charge is -2.22. The molecule has 0 fully saturated rings. The van der Waals surface area contributed by atoms with Gasteiger partial charge in [-0.2, -0.15) is 0 Å². The van der Waals surface area contributed by atoms with Gasteiger partial charge in [-0.25, -0.2) is 0 Å². The van der Waals surface area contributed by atoms with Crippen LogP contribution >= 0.6 is 0 Å². The minimum absolute atomic E-state index is 0.0110. The first-order valence-electron chi connectivity index (χ1n) is 5.84. The average molecular weight is 238 g/mol. The van der Waals surface area contributed by atoms with Crippen LogP contribution < -0.4 is 16.0 Å². The van der Waals surface area contributed by atoms with E-state index in [0.29, 0.717) is 0 Å². The summed E-state index contributed by atoms with van der Waals surface area (Å²) >= 11 is 0. The first-order chi connectivity index (χ1) is 8.08. The maximum absolute atomic E-state index is 5.59. The fourth-order valence-electron chi connectivity index (χ4n) is 1.66. The molecule has 2 unspecified atom stereocenters. The third-order valence-corrected chi connectivity index (χ3v) is 2.63. The number of ether oxygens (including phenoxy) is 2. The van der Waals surface area contributed by atoms with Crippen LogP contribution in [0.5, 0.6) is 5.75 Å². The summed E-state index contributed by atoms with van der Waals surface area (Å²) in [6.07, 6.45) is 0.194. The van der Waals surface area contributed by atoms with E-state index in [1.165, 1.54) is 0 Å². The average Bonchev–Trinajstić information content (AvgIpc) is 2.31. The second kappa shape index (κ2) is 6.59. The lowest BCUT2D eigenvalue weighted by molar-refractivity contribution is 0.0830. The SMILES string of the molecule is COC(C)C(NN)c1ccc(OC(C)C)cc1. The summed E-state index contributed by atoms with van der Waals surface area (Å²) in [4.78, 5) is 0. The van der Waals surface area contributed by atoms with Gasteiger partial charge in [0.1, 0.15) is 5.75 Å². The second-order valence-electron chi connectivity index (χ2n) is 4.32. The van der Waals surface area contributed by atoms with Crippen molar-refractivity contribution in [2.24, 2.45) is 5.84 Å². The van der Waals surface area contributed by atoms with Crippen LogP contribution in [0.2, 0.25) is 0 Å². The summed E-state index contributed by atoms with van der Waals surface area (Å²) in [6.45, 7) is 5.99. The maximum Gasteiger partial charge on any atom is 0.119 e. The van der Waals surface area contributed by atoms with E-state index >= 15 is 0 Å². The Hall–Kier alpha value is -1.10. The molecule has 0 heterocycles. The molecule has 0 amide bonds. The molecule has 96 valence electrons. The number of benzene rings is 1. The van der Waals surface area contributed by atoms with Crippen molar-refractivity contribution in [1.82, 2.24) is 5.43 Å². The summed E-state index contributed by atoms with van der Waals surface area (Å²) in [7, 11) is 1.67. The van der Waals surface area contributed by atoms with Gasteiger partial charge in [0.25, 0.3) is 0 Å². The van der Waals surface area contributed by atoms with E-state index in [9.17, 15) is 0 Å². The summed E-state index contributed by atoms with van der Waals surface area (Å²) < 4.78 is 10.9. The number of nitrogens with one attached hydrogen (secondary N) is 1. The van der Waals surface area contributed by atoms with Crippen LogP contribution in [-0.2, 0) is 4.74 Å². The van der Waals surface area contributed by atoms with Crippen molar-refractivity contribution in [2.45, 2.75) is 39.0 Å². The number of nitrogens with two attached hydrogens (primary N) is 1. The van der Waals surface area contributed by atoms with E-state index in [2.05, 4.69) is 5.43 Å². The Morgan fingerprint density at radius 1 is 1.12 bits per heavy atom. The predicted molar refractivity (Wildman–Crippen MR) is 68.7 cm³/mol. The van der Waals surface area contributed by atoms with Gasteiger partial charge < -0.3 is 9.47 Å². The van der Waals surface area contributed by atoms with Crippen molar-refractivity contribution in [3.8, 4) is 5.75 Å². The maximum atomic E-state index is 5.59. The van der Waals surface area contributed by atoms with E-state index in [4.69, 9.17) is 15.3 Å². The molecule has 0 aliphatic rings. The molecule has 1 rings (SSSR count). The Kier molecular flexibility index (Phi) is 5.41. The molecule has 0 aromatic heterocycles. The molecule has 2 atom stereocenters. The molecule has 0 saturated carbocycles. The van der Waals surface area contributed by atoms with Crippen molar-refractivity contribution in [2.75, 3.05) is 7.11 Å². The Bertz CT molecular complexity index is 325. The zero-order valence-corrected chi connectivity index (χ0v) is 10.9. The van der Waals surface area contributed by atoms with E-state index in [1.807, 2.05) is 45.0 Å². The molecule has 0 aliphatic carbocycles. The minimum Gasteiger partial charge on any atom is -0.491 e. The molecular formula is C13H22N2O2. The standard InChI is InChI=1S/C13H22N2O2/c1-9(2)17-12-7-5-11(6-8-12)13(15-14)10(3)16-4/h5-10,13,15H,14H2,1-4H3. The smallest absolute Gasteiger partial charge is 0.119 e. The second-order valence-corrected chi connectivity index (χ2v) is 4.32. The number of rotatable bonds is 6. The van der Waals surface area contributed by atoms with Gasteiger partial charge in [0.05, 0.1) is 18.2 Å². The van der Waals surface area contributed by atoms with Crippen LogP contribution in [0.3, 0.4) is 0 Å². The van der Waals surface area contributed by atoms with Crippen LogP contribution in [0, 0.1) is 0 Å². The zero-order valence-electron chi connectivity index (χ0n) is 10.9. The van der Waals surface area contributed by atoms with Crippen molar-refractivity contribution >= 4 is 0 Å². The monoisotopic (exact) mass is 238 g/mol. The van der Waals surface area contributed by atoms with Gasteiger partial charge in [-0.05, 0) is 38.5 Å². The van der Waals surface area contributed by atoms with E-state index < -0.39 is 0 Å². The lowest BCUT2D eigenvalue weighted by Crippen LogP contribution is -2.36. The van der Waals surface area contributed by atoms with Crippen LogP contribution in [-0.4, -0.2) is 19.3 Å². The van der Waals surface area contributed by atoms with Gasteiger partial charge in [0, 0.05) is 7.11 Å². The molecule has 0 aliphatic heterocycles. The number of hydrogen-bond donors (Lipinski definition) is 2. The van der Waals surface area contributed by atoms with Crippen LogP contribution in [0.25, 0.3) is 0 Å². The predicted octanol–water partition coefficient (Wildman–Crippen LogP) is 2.01. The van der Waals surface area contributed by atoms with Crippen molar-refractivity contribution < 1.29 is 9.47 Å². The van der Waals surface area contributed by atoms with Crippen LogP contribution in [0.1, 0.15) is 32.4 Å². The van der Waals surface area contributed by atoms with Gasteiger partial charge in [-0.15, -0.1) is 0 Å². The first-order valence-corrected chi connectivity index (χ1v) is 5.84. The highest BCUT2D eigenvalue weighted by Gasteiger charge is 2.17. The molecule has 1 aromatic rings. The van der Waals surface area contributed by atoms with Gasteiger partial charge >= 0.3 is 0 Å². The molecule has 0 spiro atoms. The van der Waals surface area contributed by atoms with Gasteiger partial charge in [0.2, 0.25) is 0 Å². The normalized spacial score (nSPS) is 14.7. The highest BCUT2D eigenvalue weighted by Crippen LogP contribution is 2.21. The summed E-state index contributed by atoms with van der Waals surface area (Å²) in [5.41, 5.74) is 3.84. The molecule has 4 nitrogen and oxygen atoms in total. The summed E-state index contributed by atoms with van der Waals surface area (Å²) in [5.74, 6) is 6.40. The highest BCUT2D eigenvalue weighted by molar-refractivity contribution is 5.29. The van der Waals surface area contributed by atoms with Crippen molar-refractivity contribution in [3.05, 3.63) is 29.8 Å². The molecule has 17 heavy (non-hydrogen) atoms. The Morgan fingerprint density at radius 2 is 1.71 bits per heavy atom. The molecular weight excluding hydrogens is 216 g/mol. The number of hydrogen-bond acceptors (Lipinski definition) is 4. The molecule has 3 N–H and O–H groups in total. The fraction of sp³-hybridized carbons (Fsp3) is 0.538. The largest absolute Gasteiger partial charge is 0.491 e. The molecule has 0 bridgehead atoms. The third kappa shape index (κ3) is 4.00. The molecule has 0 saturated heterocycles. The Labute approximate surface area is 103 Å². The molecule has 0 radical (unpaired) electrons. The highest BCUT2D eigenvalue weighted by atomic mass is 16.5. The van der Waals surface area contributed by atoms with Crippen molar-refractivity contribution in [3.63, 3.8) is 0 Å². The van der Waals surface area contributed by atoms with Crippen molar-refractivity contribution in [1.29, 1.82) is 0 Å². The lowest BCUT2D eigenvalue weighted by atomic mass is 10.0. The van der Waals surface area contributed by atoms with Gasteiger partial charge in [-0.3, -0.25) is 11.3 Å². The van der Waals surface area contributed by atoms with Gasteiger partial charge in [0.15, 0.2) is 0 Å². The third-order valence-electron chi connectivity index (χ3n) is 2.63. The Morgan fingerprint density at radius 3 is 2.12 bits per heavy atom. The fourth-order valence-corrected chi connectivity index (χ4v) is 1.66. The van der Waals surface area contributed by atoms with Crippen LogP contribution in [0.4, 0.5) is 0 Å². The first kappa shape index (κ1) is 14.0.